The number of hydrogen-bond donors (Lipinski definition) is 0. The van der Waals surface area contributed by atoms with E-state index in [4.69, 9.17) is 4.74 Å². The molecule has 0 saturated heterocycles. The second-order valence-electron chi connectivity index (χ2n) is 5.48. The quantitative estimate of drug-likeness (QED) is 0.629. The highest BCUT2D eigenvalue weighted by Gasteiger charge is 2.20. The number of amides is 1. The van der Waals surface area contributed by atoms with Gasteiger partial charge in [-0.2, -0.15) is 0 Å². The Kier molecular flexibility index (Phi) is 5.16. The molecule has 0 saturated carbocycles. The molecule has 1 heterocycles. The van der Waals surface area contributed by atoms with Gasteiger partial charge in [0.1, 0.15) is 10.8 Å². The van der Waals surface area contributed by atoms with E-state index < -0.39 is 6.10 Å². The Bertz CT molecular complexity index is 815. The van der Waals surface area contributed by atoms with Crippen molar-refractivity contribution in [3.8, 4) is 5.75 Å². The monoisotopic (exact) mass is 404 g/mol. The summed E-state index contributed by atoms with van der Waals surface area (Å²) in [6.45, 7) is 2.24. The molecular formula is C18H17BrN2O2S. The number of thiazole rings is 1. The topological polar surface area (TPSA) is 42.4 Å². The van der Waals surface area contributed by atoms with E-state index in [2.05, 4.69) is 20.9 Å². The molecule has 3 aromatic rings. The van der Waals surface area contributed by atoms with Gasteiger partial charge in [-0.15, -0.1) is 11.3 Å². The maximum Gasteiger partial charge on any atom is 0.263 e. The van der Waals surface area contributed by atoms with E-state index in [1.807, 2.05) is 48.5 Å². The van der Waals surface area contributed by atoms with E-state index in [1.165, 1.54) is 0 Å². The number of likely N-dealkylation sites (N-methyl/N-ethyl adjacent to an activating group) is 1. The number of halogens is 1. The van der Waals surface area contributed by atoms with Crippen molar-refractivity contribution >= 4 is 43.4 Å². The third-order valence-corrected chi connectivity index (χ3v) is 5.11. The molecule has 0 bridgehead atoms. The van der Waals surface area contributed by atoms with E-state index in [1.54, 1.807) is 30.2 Å². The van der Waals surface area contributed by atoms with E-state index in [-0.39, 0.29) is 5.91 Å². The Morgan fingerprint density at radius 3 is 2.67 bits per heavy atom. The number of hydrogen-bond acceptors (Lipinski definition) is 4. The van der Waals surface area contributed by atoms with Gasteiger partial charge in [-0.1, -0.05) is 28.1 Å². The molecule has 1 atom stereocenters. The lowest BCUT2D eigenvalue weighted by molar-refractivity contribution is -0.137. The molecule has 1 amide bonds. The zero-order valence-electron chi connectivity index (χ0n) is 13.4. The summed E-state index contributed by atoms with van der Waals surface area (Å²) in [5, 5.41) is 0.919. The highest BCUT2D eigenvalue weighted by atomic mass is 79.9. The lowest BCUT2D eigenvalue weighted by Gasteiger charge is -2.21. The molecule has 0 N–H and O–H groups in total. The lowest BCUT2D eigenvalue weighted by Crippen LogP contribution is -2.37. The molecule has 6 heteroatoms. The highest BCUT2D eigenvalue weighted by Crippen LogP contribution is 2.23. The molecule has 0 aliphatic carbocycles. The first-order valence-corrected chi connectivity index (χ1v) is 9.15. The first kappa shape index (κ1) is 16.9. The van der Waals surface area contributed by atoms with E-state index in [0.717, 1.165) is 19.7 Å². The van der Waals surface area contributed by atoms with Crippen LogP contribution in [0, 0.1) is 0 Å². The van der Waals surface area contributed by atoms with Crippen molar-refractivity contribution in [2.45, 2.75) is 19.6 Å². The van der Waals surface area contributed by atoms with Gasteiger partial charge in [0.05, 0.1) is 16.8 Å². The predicted octanol–water partition coefficient (Wildman–Crippen LogP) is 4.48. The number of carbonyl (C=O) groups is 1. The molecule has 0 aliphatic heterocycles. The predicted molar refractivity (Wildman–Crippen MR) is 100 cm³/mol. The molecule has 0 aliphatic rings. The van der Waals surface area contributed by atoms with Crippen LogP contribution in [0.1, 0.15) is 11.9 Å². The van der Waals surface area contributed by atoms with Crippen molar-refractivity contribution in [2.24, 2.45) is 0 Å². The van der Waals surface area contributed by atoms with Crippen molar-refractivity contribution in [1.82, 2.24) is 9.88 Å². The third-order valence-electron chi connectivity index (χ3n) is 3.56. The van der Waals surface area contributed by atoms with Crippen LogP contribution in [0.5, 0.6) is 5.75 Å². The number of carbonyl (C=O) groups excluding carboxylic acids is 1. The highest BCUT2D eigenvalue weighted by molar-refractivity contribution is 9.10. The largest absolute Gasteiger partial charge is 0.481 e. The van der Waals surface area contributed by atoms with Crippen LogP contribution < -0.4 is 4.74 Å². The van der Waals surface area contributed by atoms with Crippen LogP contribution in [0.4, 0.5) is 0 Å². The number of benzene rings is 2. The van der Waals surface area contributed by atoms with Crippen LogP contribution >= 0.6 is 27.3 Å². The molecular weight excluding hydrogens is 388 g/mol. The standard InChI is InChI=1S/C18H17BrN2O2S/c1-12(23-14-9-7-13(19)8-10-14)18(22)21(2)11-17-20-15-5-3-4-6-16(15)24-17/h3-10,12H,11H2,1-2H3/t12-/m1/s1. The summed E-state index contributed by atoms with van der Waals surface area (Å²) in [5.74, 6) is 0.601. The number of aromatic nitrogens is 1. The molecule has 1 aromatic heterocycles. The molecule has 124 valence electrons. The van der Waals surface area contributed by atoms with Gasteiger partial charge >= 0.3 is 0 Å². The van der Waals surface area contributed by atoms with Crippen molar-refractivity contribution in [3.05, 3.63) is 58.0 Å². The van der Waals surface area contributed by atoms with E-state index in [9.17, 15) is 4.79 Å². The Balaban J connectivity index is 1.63. The molecule has 0 unspecified atom stereocenters. The van der Waals surface area contributed by atoms with Gasteiger partial charge in [-0.05, 0) is 43.3 Å². The van der Waals surface area contributed by atoms with Crippen LogP contribution in [0.3, 0.4) is 0 Å². The average Bonchev–Trinajstić information content (AvgIpc) is 2.98. The molecule has 0 fully saturated rings. The van der Waals surface area contributed by atoms with Gasteiger partial charge in [0.15, 0.2) is 6.10 Å². The Morgan fingerprint density at radius 2 is 1.96 bits per heavy atom. The molecule has 0 radical (unpaired) electrons. The fraction of sp³-hybridized carbons (Fsp3) is 0.222. The average molecular weight is 405 g/mol. The van der Waals surface area contributed by atoms with Crippen LogP contribution in [0.2, 0.25) is 0 Å². The first-order valence-electron chi connectivity index (χ1n) is 7.54. The smallest absolute Gasteiger partial charge is 0.263 e. The van der Waals surface area contributed by atoms with Crippen LogP contribution in [0.15, 0.2) is 53.0 Å². The third kappa shape index (κ3) is 3.94. The fourth-order valence-corrected chi connectivity index (χ4v) is 3.63. The lowest BCUT2D eigenvalue weighted by atomic mass is 10.3. The summed E-state index contributed by atoms with van der Waals surface area (Å²) in [6, 6.07) is 15.4. The van der Waals surface area contributed by atoms with Gasteiger partial charge in [-0.25, -0.2) is 4.98 Å². The normalized spacial score (nSPS) is 12.1. The van der Waals surface area contributed by atoms with Crippen LogP contribution in [-0.2, 0) is 11.3 Å². The summed E-state index contributed by atoms with van der Waals surface area (Å²) in [6.07, 6.45) is -0.550. The minimum Gasteiger partial charge on any atom is -0.481 e. The minimum atomic E-state index is -0.550. The van der Waals surface area contributed by atoms with Gasteiger partial charge in [0.2, 0.25) is 0 Å². The summed E-state index contributed by atoms with van der Waals surface area (Å²) in [7, 11) is 1.77. The van der Waals surface area contributed by atoms with Crippen molar-refractivity contribution in [3.63, 3.8) is 0 Å². The van der Waals surface area contributed by atoms with Gasteiger partial charge in [0.25, 0.3) is 5.91 Å². The zero-order valence-corrected chi connectivity index (χ0v) is 15.8. The fourth-order valence-electron chi connectivity index (χ4n) is 2.35. The molecule has 4 nitrogen and oxygen atoms in total. The summed E-state index contributed by atoms with van der Waals surface area (Å²) >= 11 is 4.99. The SMILES string of the molecule is C[C@@H](Oc1ccc(Br)cc1)C(=O)N(C)Cc1nc2ccccc2s1. The minimum absolute atomic E-state index is 0.0721. The summed E-state index contributed by atoms with van der Waals surface area (Å²) < 4.78 is 7.83. The number of nitrogens with zero attached hydrogens (tertiary/aromatic N) is 2. The molecule has 2 aromatic carbocycles. The summed E-state index contributed by atoms with van der Waals surface area (Å²) in [4.78, 5) is 18.7. The second-order valence-corrected chi connectivity index (χ2v) is 7.51. The van der Waals surface area contributed by atoms with Gasteiger partial charge in [0, 0.05) is 11.5 Å². The van der Waals surface area contributed by atoms with E-state index >= 15 is 0 Å². The number of fused-ring (bicyclic) bond motifs is 1. The maximum atomic E-state index is 12.5. The van der Waals surface area contributed by atoms with Crippen molar-refractivity contribution < 1.29 is 9.53 Å². The van der Waals surface area contributed by atoms with Gasteiger partial charge < -0.3 is 9.64 Å². The Labute approximate surface area is 153 Å². The van der Waals surface area contributed by atoms with Gasteiger partial charge in [-0.3, -0.25) is 4.79 Å². The first-order chi connectivity index (χ1) is 11.5. The molecule has 24 heavy (non-hydrogen) atoms. The number of para-hydroxylation sites is 1. The van der Waals surface area contributed by atoms with Crippen molar-refractivity contribution in [2.75, 3.05) is 7.05 Å². The van der Waals surface area contributed by atoms with Crippen LogP contribution in [0.25, 0.3) is 10.2 Å². The maximum absolute atomic E-state index is 12.5. The van der Waals surface area contributed by atoms with Crippen molar-refractivity contribution in [1.29, 1.82) is 0 Å². The Morgan fingerprint density at radius 1 is 1.25 bits per heavy atom. The Hall–Kier alpha value is -1.92. The zero-order chi connectivity index (χ0) is 17.1. The summed E-state index contributed by atoms with van der Waals surface area (Å²) in [5.41, 5.74) is 0.970. The molecule has 3 rings (SSSR count). The molecule has 0 spiro atoms. The van der Waals surface area contributed by atoms with Crippen LogP contribution in [-0.4, -0.2) is 28.9 Å². The van der Waals surface area contributed by atoms with E-state index in [0.29, 0.717) is 12.3 Å². The number of ether oxygens (including phenoxy) is 1. The second kappa shape index (κ2) is 7.32. The number of rotatable bonds is 5.